The number of hydrogen-bond acceptors (Lipinski definition) is 4. The summed E-state index contributed by atoms with van der Waals surface area (Å²) in [5, 5.41) is 8.40. The predicted molar refractivity (Wildman–Crippen MR) is 69.7 cm³/mol. The highest BCUT2D eigenvalue weighted by Crippen LogP contribution is 2.18. The normalized spacial score (nSPS) is 10.5. The van der Waals surface area contributed by atoms with Gasteiger partial charge in [0.25, 0.3) is 0 Å². The lowest BCUT2D eigenvalue weighted by Gasteiger charge is -2.04. The Kier molecular flexibility index (Phi) is 4.34. The molecule has 0 radical (unpaired) electrons. The van der Waals surface area contributed by atoms with Crippen molar-refractivity contribution in [2.75, 3.05) is 0 Å². The Morgan fingerprint density at radius 2 is 2.00 bits per heavy atom. The Labute approximate surface area is 109 Å². The number of hydrogen-bond donors (Lipinski definition) is 0. The summed E-state index contributed by atoms with van der Waals surface area (Å²) in [4.78, 5) is 0. The molecule has 5 heteroatoms. The Morgan fingerprint density at radius 3 is 2.59 bits per heavy atom. The van der Waals surface area contributed by atoms with E-state index in [1.165, 1.54) is 16.9 Å². The van der Waals surface area contributed by atoms with Gasteiger partial charge in [-0.15, -0.1) is 10.2 Å². The van der Waals surface area contributed by atoms with E-state index in [2.05, 4.69) is 29.3 Å². The van der Waals surface area contributed by atoms with Gasteiger partial charge < -0.3 is 4.74 Å². The maximum Gasteiger partial charge on any atom is 0.207 e. The van der Waals surface area contributed by atoms with Crippen LogP contribution < -0.4 is 4.74 Å². The minimum atomic E-state index is 0.414. The average molecular weight is 269 g/mol. The summed E-state index contributed by atoms with van der Waals surface area (Å²) < 4.78 is 6.03. The SMILES string of the molecule is CCCc1ccc(OCc2nnc(Cl)s2)cc1. The molecule has 17 heavy (non-hydrogen) atoms. The Bertz CT molecular complexity index is 470. The molecule has 0 bridgehead atoms. The third-order valence-corrected chi connectivity index (χ3v) is 3.26. The van der Waals surface area contributed by atoms with Gasteiger partial charge in [0.2, 0.25) is 4.47 Å². The second kappa shape index (κ2) is 5.98. The van der Waals surface area contributed by atoms with Crippen LogP contribution in [0.15, 0.2) is 24.3 Å². The van der Waals surface area contributed by atoms with Gasteiger partial charge in [-0.05, 0) is 35.7 Å². The number of ether oxygens (including phenoxy) is 1. The molecule has 0 aliphatic heterocycles. The molecule has 0 unspecified atom stereocenters. The highest BCUT2D eigenvalue weighted by Gasteiger charge is 2.02. The van der Waals surface area contributed by atoms with Crippen molar-refractivity contribution in [3.8, 4) is 5.75 Å². The molecule has 0 aliphatic rings. The molecule has 0 N–H and O–H groups in total. The maximum atomic E-state index is 5.69. The quantitative estimate of drug-likeness (QED) is 0.829. The zero-order valence-corrected chi connectivity index (χ0v) is 11.1. The third kappa shape index (κ3) is 3.68. The number of benzene rings is 1. The van der Waals surface area contributed by atoms with E-state index in [0.29, 0.717) is 11.1 Å². The highest BCUT2D eigenvalue weighted by molar-refractivity contribution is 7.15. The van der Waals surface area contributed by atoms with Crippen LogP contribution in [-0.4, -0.2) is 10.2 Å². The first-order valence-corrected chi connectivity index (χ1v) is 6.67. The monoisotopic (exact) mass is 268 g/mol. The zero-order chi connectivity index (χ0) is 12.1. The summed E-state index contributed by atoms with van der Waals surface area (Å²) in [6, 6.07) is 8.14. The molecule has 0 spiro atoms. The second-order valence-electron chi connectivity index (χ2n) is 3.63. The van der Waals surface area contributed by atoms with Crippen LogP contribution in [0.2, 0.25) is 4.47 Å². The molecule has 90 valence electrons. The molecule has 0 aliphatic carbocycles. The van der Waals surface area contributed by atoms with Crippen LogP contribution in [0.4, 0.5) is 0 Å². The summed E-state index contributed by atoms with van der Waals surface area (Å²) in [6.45, 7) is 2.58. The predicted octanol–water partition coefficient (Wildman–Crippen LogP) is 3.72. The van der Waals surface area contributed by atoms with Gasteiger partial charge in [0.15, 0.2) is 5.01 Å². The van der Waals surface area contributed by atoms with Gasteiger partial charge in [-0.2, -0.15) is 0 Å². The van der Waals surface area contributed by atoms with Gasteiger partial charge in [0.1, 0.15) is 12.4 Å². The van der Waals surface area contributed by atoms with Gasteiger partial charge in [-0.25, -0.2) is 0 Å². The molecule has 3 nitrogen and oxygen atoms in total. The standard InChI is InChI=1S/C12H13ClN2OS/c1-2-3-9-4-6-10(7-5-9)16-8-11-14-15-12(13)17-11/h4-7H,2-3,8H2,1H3. The lowest BCUT2D eigenvalue weighted by atomic mass is 10.1. The molecule has 0 fully saturated rings. The van der Waals surface area contributed by atoms with Gasteiger partial charge in [-0.1, -0.05) is 36.8 Å². The summed E-state index contributed by atoms with van der Waals surface area (Å²) in [7, 11) is 0. The van der Waals surface area contributed by atoms with Crippen LogP contribution in [0.3, 0.4) is 0 Å². The molecule has 0 amide bonds. The van der Waals surface area contributed by atoms with Gasteiger partial charge in [0.05, 0.1) is 0 Å². The molecule has 1 aromatic carbocycles. The molecule has 2 rings (SSSR count). The number of rotatable bonds is 5. The lowest BCUT2D eigenvalue weighted by Crippen LogP contribution is -1.95. The van der Waals surface area contributed by atoms with Crippen LogP contribution in [0.1, 0.15) is 23.9 Å². The fourth-order valence-corrected chi connectivity index (χ4v) is 2.26. The van der Waals surface area contributed by atoms with Gasteiger partial charge in [-0.3, -0.25) is 0 Å². The first-order chi connectivity index (χ1) is 8.28. The van der Waals surface area contributed by atoms with E-state index in [-0.39, 0.29) is 0 Å². The molecule has 1 heterocycles. The molecule has 0 saturated heterocycles. The van der Waals surface area contributed by atoms with E-state index in [1.54, 1.807) is 0 Å². The highest BCUT2D eigenvalue weighted by atomic mass is 35.5. The number of halogens is 1. The van der Waals surface area contributed by atoms with Gasteiger partial charge >= 0.3 is 0 Å². The molecular formula is C12H13ClN2OS. The van der Waals surface area contributed by atoms with Crippen LogP contribution in [0.5, 0.6) is 5.75 Å². The summed E-state index contributed by atoms with van der Waals surface area (Å²) in [6.07, 6.45) is 2.26. The topological polar surface area (TPSA) is 35.0 Å². The first-order valence-electron chi connectivity index (χ1n) is 5.47. The van der Waals surface area contributed by atoms with E-state index in [1.807, 2.05) is 12.1 Å². The third-order valence-electron chi connectivity index (χ3n) is 2.27. The Balaban J connectivity index is 1.90. The number of aryl methyl sites for hydroxylation is 1. The molecular weight excluding hydrogens is 256 g/mol. The van der Waals surface area contributed by atoms with Crippen molar-refractivity contribution >= 4 is 22.9 Å². The number of aromatic nitrogens is 2. The molecule has 2 aromatic rings. The van der Waals surface area contributed by atoms with Crippen molar-refractivity contribution in [2.45, 2.75) is 26.4 Å². The number of nitrogens with zero attached hydrogens (tertiary/aromatic N) is 2. The lowest BCUT2D eigenvalue weighted by molar-refractivity contribution is 0.304. The zero-order valence-electron chi connectivity index (χ0n) is 9.52. The average Bonchev–Trinajstić information content (AvgIpc) is 2.75. The van der Waals surface area contributed by atoms with Gasteiger partial charge in [0, 0.05) is 0 Å². The van der Waals surface area contributed by atoms with Crippen molar-refractivity contribution < 1.29 is 4.74 Å². The smallest absolute Gasteiger partial charge is 0.207 e. The fourth-order valence-electron chi connectivity index (χ4n) is 1.48. The summed E-state index contributed by atoms with van der Waals surface area (Å²) in [5.41, 5.74) is 1.33. The molecule has 0 atom stereocenters. The summed E-state index contributed by atoms with van der Waals surface area (Å²) in [5.74, 6) is 0.844. The largest absolute Gasteiger partial charge is 0.486 e. The Hall–Kier alpha value is -1.13. The van der Waals surface area contributed by atoms with Crippen molar-refractivity contribution in [3.05, 3.63) is 39.3 Å². The van der Waals surface area contributed by atoms with Crippen molar-refractivity contribution in [1.82, 2.24) is 10.2 Å². The van der Waals surface area contributed by atoms with Crippen molar-refractivity contribution in [2.24, 2.45) is 0 Å². The van der Waals surface area contributed by atoms with Crippen LogP contribution >= 0.6 is 22.9 Å². The van der Waals surface area contributed by atoms with Crippen LogP contribution in [-0.2, 0) is 13.0 Å². The van der Waals surface area contributed by atoms with Crippen LogP contribution in [0, 0.1) is 0 Å². The summed E-state index contributed by atoms with van der Waals surface area (Å²) >= 11 is 7.02. The van der Waals surface area contributed by atoms with E-state index >= 15 is 0 Å². The fraction of sp³-hybridized carbons (Fsp3) is 0.333. The molecule has 0 saturated carbocycles. The first kappa shape index (κ1) is 12.3. The minimum absolute atomic E-state index is 0.414. The van der Waals surface area contributed by atoms with Crippen molar-refractivity contribution in [3.63, 3.8) is 0 Å². The van der Waals surface area contributed by atoms with E-state index < -0.39 is 0 Å². The van der Waals surface area contributed by atoms with Crippen LogP contribution in [0.25, 0.3) is 0 Å². The minimum Gasteiger partial charge on any atom is -0.486 e. The van der Waals surface area contributed by atoms with E-state index in [0.717, 1.165) is 23.6 Å². The van der Waals surface area contributed by atoms with Crippen molar-refractivity contribution in [1.29, 1.82) is 0 Å². The van der Waals surface area contributed by atoms with E-state index in [9.17, 15) is 0 Å². The molecule has 1 aromatic heterocycles. The van der Waals surface area contributed by atoms with E-state index in [4.69, 9.17) is 16.3 Å². The second-order valence-corrected chi connectivity index (χ2v) is 5.28. The Morgan fingerprint density at radius 1 is 1.24 bits per heavy atom. The maximum absolute atomic E-state index is 5.69.